The van der Waals surface area contributed by atoms with Crippen molar-refractivity contribution in [2.24, 2.45) is 0 Å². The molecule has 1 amide bonds. The second-order valence-electron chi connectivity index (χ2n) is 8.05. The van der Waals surface area contributed by atoms with Crippen LogP contribution in [0.2, 0.25) is 0 Å². The third-order valence-corrected chi connectivity index (χ3v) is 7.70. The van der Waals surface area contributed by atoms with E-state index in [1.807, 2.05) is 31.2 Å². The van der Waals surface area contributed by atoms with Crippen molar-refractivity contribution in [2.45, 2.75) is 50.6 Å². The number of fused-ring (bicyclic) bond motifs is 1. The van der Waals surface area contributed by atoms with E-state index in [0.29, 0.717) is 15.7 Å². The summed E-state index contributed by atoms with van der Waals surface area (Å²) in [5.74, 6) is 0.0429. The molecule has 0 saturated heterocycles. The number of benzene rings is 1. The van der Waals surface area contributed by atoms with Gasteiger partial charge in [0.15, 0.2) is 5.16 Å². The molecule has 0 bridgehead atoms. The molecule has 3 aromatic rings. The highest BCUT2D eigenvalue weighted by Crippen LogP contribution is 2.36. The van der Waals surface area contributed by atoms with Gasteiger partial charge in [-0.2, -0.15) is 10.2 Å². The maximum atomic E-state index is 12.8. The number of rotatable bonds is 5. The highest BCUT2D eigenvalue weighted by molar-refractivity contribution is 7.99. The molecule has 0 spiro atoms. The predicted octanol–water partition coefficient (Wildman–Crippen LogP) is 4.45. The van der Waals surface area contributed by atoms with Crippen LogP contribution in [0.25, 0.3) is 5.69 Å². The van der Waals surface area contributed by atoms with Crippen molar-refractivity contribution in [3.8, 4) is 11.8 Å². The minimum Gasteiger partial charge on any atom is -0.385 e. The lowest BCUT2D eigenvalue weighted by atomic mass is 9.97. The number of thioether (sulfide) groups is 1. The summed E-state index contributed by atoms with van der Waals surface area (Å²) >= 11 is 2.65. The molecule has 1 aliphatic rings. The molecule has 0 unspecified atom stereocenters. The number of carbonyl (C=O) groups excluding carboxylic acids is 1. The number of amides is 1. The van der Waals surface area contributed by atoms with Gasteiger partial charge in [-0.3, -0.25) is 14.2 Å². The molecular weight excluding hydrogens is 454 g/mol. The number of thiophene rings is 1. The second kappa shape index (κ2) is 10.2. The van der Waals surface area contributed by atoms with E-state index in [1.165, 1.54) is 35.1 Å². The van der Waals surface area contributed by atoms with Gasteiger partial charge < -0.3 is 11.1 Å². The van der Waals surface area contributed by atoms with E-state index in [9.17, 15) is 14.9 Å². The molecule has 2 heterocycles. The summed E-state index contributed by atoms with van der Waals surface area (Å²) in [6.45, 7) is 1.97. The number of carbonyl (C=O) groups is 1. The average Bonchev–Trinajstić information content (AvgIpc) is 3.06. The smallest absolute Gasteiger partial charge is 0.275 e. The van der Waals surface area contributed by atoms with E-state index in [2.05, 4.69) is 16.4 Å². The van der Waals surface area contributed by atoms with Crippen LogP contribution in [0.3, 0.4) is 0 Å². The normalized spacial score (nSPS) is 13.5. The van der Waals surface area contributed by atoms with Crippen LogP contribution in [0.4, 0.5) is 10.8 Å². The number of nitrogen functional groups attached to an aromatic ring is 1. The van der Waals surface area contributed by atoms with Gasteiger partial charge in [-0.15, -0.1) is 11.3 Å². The zero-order chi connectivity index (χ0) is 23.4. The monoisotopic (exact) mass is 479 g/mol. The Labute approximate surface area is 200 Å². The van der Waals surface area contributed by atoms with E-state index < -0.39 is 5.56 Å². The number of nitriles is 1. The molecule has 2 aromatic heterocycles. The summed E-state index contributed by atoms with van der Waals surface area (Å²) in [5.41, 5.74) is 9.17. The number of hydrogen-bond donors (Lipinski definition) is 2. The molecule has 0 atom stereocenters. The first-order valence-corrected chi connectivity index (χ1v) is 12.7. The van der Waals surface area contributed by atoms with Crippen molar-refractivity contribution in [1.29, 1.82) is 5.26 Å². The summed E-state index contributed by atoms with van der Waals surface area (Å²) in [7, 11) is 0. The van der Waals surface area contributed by atoms with Crippen LogP contribution in [0.1, 0.15) is 47.3 Å². The lowest BCUT2D eigenvalue weighted by Gasteiger charge is -2.15. The number of nitrogens with zero attached hydrogens (tertiary/aromatic N) is 3. The minimum absolute atomic E-state index is 0.0368. The highest BCUT2D eigenvalue weighted by Gasteiger charge is 2.21. The molecule has 33 heavy (non-hydrogen) atoms. The maximum Gasteiger partial charge on any atom is 0.275 e. The first-order valence-electron chi connectivity index (χ1n) is 10.9. The molecular formula is C24H25N5O2S2. The molecule has 3 N–H and O–H groups in total. The zero-order valence-corrected chi connectivity index (χ0v) is 20.0. The Morgan fingerprint density at radius 3 is 2.82 bits per heavy atom. The molecule has 4 rings (SSSR count). The van der Waals surface area contributed by atoms with Crippen molar-refractivity contribution >= 4 is 39.8 Å². The SMILES string of the molecule is Cc1cccc(-n2c(N)cc(=O)nc2SCC(=O)Nc2sc3c(c2C#N)CCCCCC3)c1. The van der Waals surface area contributed by atoms with Crippen LogP contribution in [-0.4, -0.2) is 21.2 Å². The van der Waals surface area contributed by atoms with Crippen LogP contribution in [0.5, 0.6) is 0 Å². The van der Waals surface area contributed by atoms with Crippen molar-refractivity contribution in [3.63, 3.8) is 0 Å². The Bertz CT molecular complexity index is 1290. The third-order valence-electron chi connectivity index (χ3n) is 5.55. The second-order valence-corrected chi connectivity index (χ2v) is 10.1. The van der Waals surface area contributed by atoms with Crippen LogP contribution < -0.4 is 16.6 Å². The number of aryl methyl sites for hydroxylation is 2. The van der Waals surface area contributed by atoms with Gasteiger partial charge in [-0.05, 0) is 55.9 Å². The largest absolute Gasteiger partial charge is 0.385 e. The fourth-order valence-corrected chi connectivity index (χ4v) is 6.10. The fourth-order valence-electron chi connectivity index (χ4n) is 4.02. The van der Waals surface area contributed by atoms with E-state index >= 15 is 0 Å². The Kier molecular flexibility index (Phi) is 7.16. The molecule has 9 heteroatoms. The Morgan fingerprint density at radius 1 is 1.27 bits per heavy atom. The maximum absolute atomic E-state index is 12.8. The lowest BCUT2D eigenvalue weighted by molar-refractivity contribution is -0.113. The average molecular weight is 480 g/mol. The fraction of sp³-hybridized carbons (Fsp3) is 0.333. The van der Waals surface area contributed by atoms with Gasteiger partial charge in [0.05, 0.1) is 11.3 Å². The highest BCUT2D eigenvalue weighted by atomic mass is 32.2. The predicted molar refractivity (Wildman–Crippen MR) is 133 cm³/mol. The standard InChI is InChI=1S/C24H25N5O2S2/c1-15-7-6-8-16(11-15)29-20(26)12-21(30)28-24(29)32-14-22(31)27-23-18(13-25)17-9-4-2-3-5-10-19(17)33-23/h6-8,11-12H,2-5,9-10,14,26H2,1H3,(H,27,31). The van der Waals surface area contributed by atoms with E-state index in [0.717, 1.165) is 54.3 Å². The quantitative estimate of drug-likeness (QED) is 0.413. The molecule has 0 radical (unpaired) electrons. The summed E-state index contributed by atoms with van der Waals surface area (Å²) < 4.78 is 1.67. The Balaban J connectivity index is 1.54. The van der Waals surface area contributed by atoms with Gasteiger partial charge in [0.1, 0.15) is 16.9 Å². The van der Waals surface area contributed by atoms with Crippen LogP contribution in [0.15, 0.2) is 40.3 Å². The molecule has 1 aliphatic carbocycles. The zero-order valence-electron chi connectivity index (χ0n) is 18.4. The Morgan fingerprint density at radius 2 is 2.06 bits per heavy atom. The first kappa shape index (κ1) is 23.1. The summed E-state index contributed by atoms with van der Waals surface area (Å²) in [5, 5.41) is 13.6. The van der Waals surface area contributed by atoms with E-state index in [-0.39, 0.29) is 17.5 Å². The van der Waals surface area contributed by atoms with Gasteiger partial charge in [-0.25, -0.2) is 0 Å². The summed E-state index contributed by atoms with van der Waals surface area (Å²) in [6.07, 6.45) is 6.39. The topological polar surface area (TPSA) is 114 Å². The van der Waals surface area contributed by atoms with Crippen molar-refractivity contribution < 1.29 is 4.79 Å². The van der Waals surface area contributed by atoms with Gasteiger partial charge >= 0.3 is 0 Å². The first-order chi connectivity index (χ1) is 16.0. The molecule has 1 aromatic carbocycles. The molecule has 0 saturated carbocycles. The van der Waals surface area contributed by atoms with Gasteiger partial charge in [0.25, 0.3) is 5.56 Å². The number of aromatic nitrogens is 2. The van der Waals surface area contributed by atoms with E-state index in [4.69, 9.17) is 5.73 Å². The summed E-state index contributed by atoms with van der Waals surface area (Å²) in [6, 6.07) is 11.2. The lowest BCUT2D eigenvalue weighted by Crippen LogP contribution is -2.19. The van der Waals surface area contributed by atoms with Gasteiger partial charge in [0, 0.05) is 16.6 Å². The van der Waals surface area contributed by atoms with Crippen molar-refractivity contribution in [1.82, 2.24) is 9.55 Å². The van der Waals surface area contributed by atoms with Gasteiger partial charge in [0.2, 0.25) is 5.91 Å². The summed E-state index contributed by atoms with van der Waals surface area (Å²) in [4.78, 5) is 30.1. The molecule has 170 valence electrons. The third kappa shape index (κ3) is 5.29. The van der Waals surface area contributed by atoms with Crippen LogP contribution >= 0.6 is 23.1 Å². The number of hydrogen-bond acceptors (Lipinski definition) is 7. The minimum atomic E-state index is -0.454. The Hall–Kier alpha value is -3.09. The van der Waals surface area contributed by atoms with E-state index in [1.54, 1.807) is 4.57 Å². The number of nitrogens with two attached hydrogens (primary N) is 1. The molecule has 0 aliphatic heterocycles. The molecule has 0 fully saturated rings. The van der Waals surface area contributed by atoms with Crippen molar-refractivity contribution in [3.05, 3.63) is 62.3 Å². The molecule has 7 nitrogen and oxygen atoms in total. The van der Waals surface area contributed by atoms with Crippen LogP contribution in [0, 0.1) is 18.3 Å². The number of nitrogens with one attached hydrogen (secondary N) is 1. The number of anilines is 2. The van der Waals surface area contributed by atoms with Gasteiger partial charge in [-0.1, -0.05) is 36.7 Å². The van der Waals surface area contributed by atoms with Crippen LogP contribution in [-0.2, 0) is 17.6 Å². The van der Waals surface area contributed by atoms with Crippen molar-refractivity contribution in [2.75, 3.05) is 16.8 Å².